The van der Waals surface area contributed by atoms with E-state index in [1.54, 1.807) is 11.8 Å². The number of rotatable bonds is 1. The molecule has 1 aliphatic rings. The smallest absolute Gasteiger partial charge is 0.0714 e. The lowest BCUT2D eigenvalue weighted by atomic mass is 10.3. The number of hydrogen-bond donors (Lipinski definition) is 0. The summed E-state index contributed by atoms with van der Waals surface area (Å²) in [4.78, 5) is 3.63. The van der Waals surface area contributed by atoms with Crippen LogP contribution in [0.5, 0.6) is 0 Å². The lowest BCUT2D eigenvalue weighted by molar-refractivity contribution is 1.15. The molecule has 1 heterocycles. The first kappa shape index (κ1) is 9.99. The van der Waals surface area contributed by atoms with Crippen LogP contribution in [-0.4, -0.2) is 19.1 Å². The average Bonchev–Trinajstić information content (AvgIpc) is 2.39. The van der Waals surface area contributed by atoms with Crippen molar-refractivity contribution >= 4 is 29.2 Å². The summed E-state index contributed by atoms with van der Waals surface area (Å²) in [6.07, 6.45) is 4.41. The molecule has 0 aliphatic carbocycles. The molecule has 0 atom stereocenters. The molecule has 1 aromatic carbocycles. The normalized spacial score (nSPS) is 15.9. The van der Waals surface area contributed by atoms with E-state index in [4.69, 9.17) is 0 Å². The maximum absolute atomic E-state index is 2.29. The highest BCUT2D eigenvalue weighted by molar-refractivity contribution is 8.02. The Labute approximate surface area is 93.6 Å². The third-order valence-corrected chi connectivity index (χ3v) is 4.11. The van der Waals surface area contributed by atoms with Gasteiger partial charge < -0.3 is 4.90 Å². The average molecular weight is 223 g/mol. The van der Waals surface area contributed by atoms with Crippen LogP contribution >= 0.6 is 23.5 Å². The first-order valence-corrected chi connectivity index (χ1v) is 6.73. The molecular weight excluding hydrogens is 210 g/mol. The Morgan fingerprint density at radius 1 is 1.36 bits per heavy atom. The summed E-state index contributed by atoms with van der Waals surface area (Å²) >= 11 is 3.71. The number of fused-ring (bicyclic) bond motifs is 1. The second kappa shape index (κ2) is 4.32. The van der Waals surface area contributed by atoms with Gasteiger partial charge in [0.25, 0.3) is 0 Å². The Bertz CT molecular complexity index is 360. The van der Waals surface area contributed by atoms with Gasteiger partial charge in [-0.2, -0.15) is 0 Å². The van der Waals surface area contributed by atoms with Gasteiger partial charge in [0.1, 0.15) is 0 Å². The molecule has 0 spiro atoms. The minimum atomic E-state index is 1.07. The first-order valence-electron chi connectivity index (χ1n) is 4.52. The van der Waals surface area contributed by atoms with Gasteiger partial charge in [0.15, 0.2) is 0 Å². The molecule has 14 heavy (non-hydrogen) atoms. The number of nitrogens with zero attached hydrogens (tertiary/aromatic N) is 1. The largest absolute Gasteiger partial charge is 0.339 e. The molecule has 1 aromatic rings. The molecule has 0 bridgehead atoms. The molecule has 3 heteroatoms. The fourth-order valence-corrected chi connectivity index (χ4v) is 3.21. The second-order valence-electron chi connectivity index (χ2n) is 3.08. The van der Waals surface area contributed by atoms with Crippen molar-refractivity contribution in [3.63, 3.8) is 0 Å². The zero-order valence-corrected chi connectivity index (χ0v) is 9.99. The SMILES string of the molecule is CSC1=CCSc2ccccc2N1C. The minimum Gasteiger partial charge on any atom is -0.339 e. The molecule has 0 unspecified atom stereocenters. The van der Waals surface area contributed by atoms with E-state index in [-0.39, 0.29) is 0 Å². The summed E-state index contributed by atoms with van der Waals surface area (Å²) in [6, 6.07) is 8.56. The lowest BCUT2D eigenvalue weighted by Crippen LogP contribution is -2.13. The first-order chi connectivity index (χ1) is 6.83. The highest BCUT2D eigenvalue weighted by Gasteiger charge is 2.13. The van der Waals surface area contributed by atoms with E-state index in [0.29, 0.717) is 0 Å². The van der Waals surface area contributed by atoms with E-state index < -0.39 is 0 Å². The van der Waals surface area contributed by atoms with Gasteiger partial charge in [-0.25, -0.2) is 0 Å². The van der Waals surface area contributed by atoms with Crippen LogP contribution in [0.25, 0.3) is 0 Å². The van der Waals surface area contributed by atoms with E-state index in [1.807, 2.05) is 11.8 Å². The van der Waals surface area contributed by atoms with Crippen molar-refractivity contribution in [2.75, 3.05) is 24.0 Å². The summed E-state index contributed by atoms with van der Waals surface area (Å²) in [7, 11) is 2.13. The molecule has 0 aromatic heterocycles. The van der Waals surface area contributed by atoms with Gasteiger partial charge in [0.2, 0.25) is 0 Å². The summed E-state index contributed by atoms with van der Waals surface area (Å²) in [5.74, 6) is 1.07. The van der Waals surface area contributed by atoms with Crippen molar-refractivity contribution in [3.8, 4) is 0 Å². The predicted octanol–water partition coefficient (Wildman–Crippen LogP) is 3.43. The van der Waals surface area contributed by atoms with Crippen molar-refractivity contribution in [3.05, 3.63) is 35.4 Å². The van der Waals surface area contributed by atoms with Gasteiger partial charge in [0, 0.05) is 17.7 Å². The van der Waals surface area contributed by atoms with Crippen LogP contribution in [0, 0.1) is 0 Å². The molecule has 0 N–H and O–H groups in total. The van der Waals surface area contributed by atoms with Gasteiger partial charge in [-0.3, -0.25) is 0 Å². The van der Waals surface area contributed by atoms with Crippen LogP contribution in [0.2, 0.25) is 0 Å². The van der Waals surface area contributed by atoms with E-state index in [9.17, 15) is 0 Å². The zero-order chi connectivity index (χ0) is 9.97. The molecule has 74 valence electrons. The fourth-order valence-electron chi connectivity index (χ4n) is 1.53. The lowest BCUT2D eigenvalue weighted by Gasteiger charge is -2.21. The number of thioether (sulfide) groups is 2. The van der Waals surface area contributed by atoms with Gasteiger partial charge in [-0.1, -0.05) is 12.1 Å². The van der Waals surface area contributed by atoms with Gasteiger partial charge in [0.05, 0.1) is 10.7 Å². The Balaban J connectivity index is 2.42. The quantitative estimate of drug-likeness (QED) is 0.718. The van der Waals surface area contributed by atoms with Crippen LogP contribution in [0.4, 0.5) is 5.69 Å². The Morgan fingerprint density at radius 3 is 2.93 bits per heavy atom. The molecule has 2 rings (SSSR count). The van der Waals surface area contributed by atoms with E-state index >= 15 is 0 Å². The Kier molecular flexibility index (Phi) is 3.08. The third-order valence-electron chi connectivity index (χ3n) is 2.26. The summed E-state index contributed by atoms with van der Waals surface area (Å²) in [5, 5.41) is 1.34. The molecule has 1 nitrogen and oxygen atoms in total. The predicted molar refractivity (Wildman–Crippen MR) is 67.2 cm³/mol. The van der Waals surface area contributed by atoms with Crippen LogP contribution in [-0.2, 0) is 0 Å². The Morgan fingerprint density at radius 2 is 2.14 bits per heavy atom. The fraction of sp³-hybridized carbons (Fsp3) is 0.273. The van der Waals surface area contributed by atoms with E-state index in [0.717, 1.165) is 5.75 Å². The minimum absolute atomic E-state index is 1.07. The number of anilines is 1. The van der Waals surface area contributed by atoms with Crippen LogP contribution in [0.1, 0.15) is 0 Å². The van der Waals surface area contributed by atoms with E-state index in [2.05, 4.69) is 48.5 Å². The maximum atomic E-state index is 2.29. The van der Waals surface area contributed by atoms with Crippen molar-refractivity contribution in [1.29, 1.82) is 0 Å². The maximum Gasteiger partial charge on any atom is 0.0714 e. The summed E-state index contributed by atoms with van der Waals surface area (Å²) in [5.41, 5.74) is 1.32. The van der Waals surface area contributed by atoms with Gasteiger partial charge in [-0.15, -0.1) is 23.5 Å². The number of benzene rings is 1. The van der Waals surface area contributed by atoms with E-state index in [1.165, 1.54) is 15.6 Å². The molecular formula is C11H13NS2. The number of para-hydroxylation sites is 1. The number of hydrogen-bond acceptors (Lipinski definition) is 3. The molecule has 0 radical (unpaired) electrons. The molecule has 0 amide bonds. The summed E-state index contributed by atoms with van der Waals surface area (Å²) < 4.78 is 0. The van der Waals surface area contributed by atoms with Crippen molar-refractivity contribution < 1.29 is 0 Å². The Hall–Kier alpha value is -0.540. The molecule has 0 fully saturated rings. The topological polar surface area (TPSA) is 3.24 Å². The standard InChI is InChI=1S/C11H13NS2/c1-12-9-5-3-4-6-10(9)14-8-7-11(12)13-2/h3-7H,8H2,1-2H3. The molecule has 0 saturated carbocycles. The van der Waals surface area contributed by atoms with Crippen molar-refractivity contribution in [2.24, 2.45) is 0 Å². The second-order valence-corrected chi connectivity index (χ2v) is 4.97. The highest BCUT2D eigenvalue weighted by atomic mass is 32.2. The zero-order valence-electron chi connectivity index (χ0n) is 8.36. The van der Waals surface area contributed by atoms with Crippen LogP contribution in [0.3, 0.4) is 0 Å². The monoisotopic (exact) mass is 223 g/mol. The summed E-state index contributed by atoms with van der Waals surface area (Å²) in [6.45, 7) is 0. The van der Waals surface area contributed by atoms with Gasteiger partial charge >= 0.3 is 0 Å². The third kappa shape index (κ3) is 1.79. The highest BCUT2D eigenvalue weighted by Crippen LogP contribution is 2.36. The van der Waals surface area contributed by atoms with Crippen molar-refractivity contribution in [1.82, 2.24) is 0 Å². The molecule has 1 aliphatic heterocycles. The van der Waals surface area contributed by atoms with Gasteiger partial charge in [-0.05, 0) is 24.5 Å². The van der Waals surface area contributed by atoms with Crippen molar-refractivity contribution in [2.45, 2.75) is 4.90 Å². The van der Waals surface area contributed by atoms with Crippen LogP contribution < -0.4 is 4.90 Å². The van der Waals surface area contributed by atoms with Crippen LogP contribution in [0.15, 0.2) is 40.3 Å². The molecule has 0 saturated heterocycles.